The monoisotopic (exact) mass is 249 g/mol. The maximum atomic E-state index is 11.0. The molecular weight excluding hydrogens is 238 g/mol. The molecule has 1 unspecified atom stereocenters. The number of carboxylic acids is 1. The predicted molar refractivity (Wildman–Crippen MR) is 67.5 cm³/mol. The van der Waals surface area contributed by atoms with E-state index >= 15 is 0 Å². The molecule has 0 spiro atoms. The lowest BCUT2D eigenvalue weighted by Gasteiger charge is -2.08. The van der Waals surface area contributed by atoms with E-state index in [4.69, 9.17) is 9.84 Å². The molecule has 0 fully saturated rings. The van der Waals surface area contributed by atoms with Crippen molar-refractivity contribution in [1.82, 2.24) is 0 Å². The Morgan fingerprint density at radius 2 is 2.47 bits per heavy atom. The van der Waals surface area contributed by atoms with Crippen LogP contribution in [-0.4, -0.2) is 22.8 Å². The largest absolute Gasteiger partial charge is 0.490 e. The van der Waals surface area contributed by atoms with Crippen LogP contribution in [0, 0.1) is 0 Å². The highest BCUT2D eigenvalue weighted by atomic mass is 32.1. The molecule has 0 saturated heterocycles. The summed E-state index contributed by atoms with van der Waals surface area (Å²) in [6, 6.07) is 5.64. The number of carbonyl (C=O) groups is 1. The Morgan fingerprint density at radius 3 is 3.06 bits per heavy atom. The zero-order valence-electron chi connectivity index (χ0n) is 9.00. The number of thiocarbonyl (C=S) groups is 1. The average molecular weight is 249 g/mol. The predicted octanol–water partition coefficient (Wildman–Crippen LogP) is 2.48. The lowest BCUT2D eigenvalue weighted by Crippen LogP contribution is -2.09. The number of ether oxygens (including phenoxy) is 1. The molecule has 0 saturated carbocycles. The van der Waals surface area contributed by atoms with Crippen LogP contribution in [-0.2, 0) is 4.79 Å². The molecule has 1 N–H and O–H groups in total. The molecular formula is C12H11NO3S. The summed E-state index contributed by atoms with van der Waals surface area (Å²) in [5.74, 6) is -0.517. The van der Waals surface area contributed by atoms with E-state index in [1.165, 1.54) is 0 Å². The maximum Gasteiger partial charge on any atom is 0.333 e. The van der Waals surface area contributed by atoms with Crippen molar-refractivity contribution in [3.05, 3.63) is 42.5 Å². The van der Waals surface area contributed by atoms with Crippen molar-refractivity contribution in [2.45, 2.75) is 6.04 Å². The van der Waals surface area contributed by atoms with Gasteiger partial charge in [0, 0.05) is 0 Å². The molecule has 5 heteroatoms. The van der Waals surface area contributed by atoms with Crippen LogP contribution in [0.4, 0.5) is 0 Å². The Kier molecular flexibility index (Phi) is 5.07. The van der Waals surface area contributed by atoms with Gasteiger partial charge in [-0.2, -0.15) is 0 Å². The van der Waals surface area contributed by atoms with Gasteiger partial charge in [-0.3, -0.25) is 0 Å². The number of rotatable bonds is 6. The summed E-state index contributed by atoms with van der Waals surface area (Å²) in [5, 5.41) is 11.1. The Bertz CT molecular complexity index is 465. The van der Waals surface area contributed by atoms with Crippen molar-refractivity contribution in [2.75, 3.05) is 6.61 Å². The van der Waals surface area contributed by atoms with Crippen LogP contribution in [0.15, 0.2) is 41.9 Å². The van der Waals surface area contributed by atoms with Gasteiger partial charge in [0.2, 0.25) is 0 Å². The van der Waals surface area contributed by atoms with E-state index < -0.39 is 12.0 Å². The summed E-state index contributed by atoms with van der Waals surface area (Å²) in [6.07, 6.45) is 1.61. The lowest BCUT2D eigenvalue weighted by atomic mass is 10.1. The van der Waals surface area contributed by atoms with Gasteiger partial charge in [0.1, 0.15) is 12.4 Å². The number of hydrogen-bond acceptors (Lipinski definition) is 4. The van der Waals surface area contributed by atoms with Gasteiger partial charge < -0.3 is 9.84 Å². The number of aliphatic imine (C=N–C) groups is 1. The van der Waals surface area contributed by atoms with Gasteiger partial charge in [-0.1, -0.05) is 24.8 Å². The second kappa shape index (κ2) is 6.58. The highest BCUT2D eigenvalue weighted by Gasteiger charge is 2.18. The fraction of sp³-hybridized carbons (Fsp3) is 0.167. The normalized spacial score (nSPS) is 11.1. The van der Waals surface area contributed by atoms with Crippen LogP contribution < -0.4 is 4.74 Å². The number of hydrogen-bond donors (Lipinski definition) is 1. The van der Waals surface area contributed by atoms with Crippen LogP contribution >= 0.6 is 12.2 Å². The standard InChI is InChI=1S/C12H11NO3S/c1-2-6-16-10-5-3-4-9(7-10)11(12(14)15)13-8-17/h2-5,7,11H,1,6H2,(H,14,15). The molecule has 1 atom stereocenters. The molecule has 0 aliphatic heterocycles. The van der Waals surface area contributed by atoms with Crippen LogP contribution in [0.5, 0.6) is 5.75 Å². The number of isothiocyanates is 1. The van der Waals surface area contributed by atoms with Gasteiger partial charge in [0.25, 0.3) is 0 Å². The first kappa shape index (κ1) is 13.1. The third kappa shape index (κ3) is 3.83. The van der Waals surface area contributed by atoms with E-state index in [1.54, 1.807) is 30.3 Å². The minimum Gasteiger partial charge on any atom is -0.490 e. The molecule has 17 heavy (non-hydrogen) atoms. The summed E-state index contributed by atoms with van der Waals surface area (Å²) in [6.45, 7) is 3.89. The molecule has 0 radical (unpaired) electrons. The Morgan fingerprint density at radius 1 is 1.71 bits per heavy atom. The summed E-state index contributed by atoms with van der Waals surface area (Å²) >= 11 is 4.43. The van der Waals surface area contributed by atoms with E-state index in [2.05, 4.69) is 29.0 Å². The molecule has 0 aliphatic rings. The SMILES string of the molecule is C=CCOc1cccc(C(N=C=S)C(=O)O)c1. The average Bonchev–Trinajstić information content (AvgIpc) is 2.33. The summed E-state index contributed by atoms with van der Waals surface area (Å²) in [7, 11) is 0. The lowest BCUT2D eigenvalue weighted by molar-refractivity contribution is -0.138. The minimum absolute atomic E-state index is 0.359. The second-order valence-corrected chi connectivity index (χ2v) is 3.32. The van der Waals surface area contributed by atoms with Crippen molar-refractivity contribution < 1.29 is 14.6 Å². The van der Waals surface area contributed by atoms with Crippen LogP contribution in [0.2, 0.25) is 0 Å². The number of aliphatic carboxylic acids is 1. The first-order chi connectivity index (χ1) is 8.19. The quantitative estimate of drug-likeness (QED) is 0.478. The van der Waals surface area contributed by atoms with Crippen LogP contribution in [0.1, 0.15) is 11.6 Å². The first-order valence-electron chi connectivity index (χ1n) is 4.82. The number of carboxylic acid groups (broad SMARTS) is 1. The third-order valence-electron chi connectivity index (χ3n) is 1.96. The van der Waals surface area contributed by atoms with Gasteiger partial charge in [-0.25, -0.2) is 9.79 Å². The molecule has 1 aromatic carbocycles. The smallest absolute Gasteiger partial charge is 0.333 e. The van der Waals surface area contributed by atoms with Crippen LogP contribution in [0.25, 0.3) is 0 Å². The second-order valence-electron chi connectivity index (χ2n) is 3.13. The van der Waals surface area contributed by atoms with E-state index in [0.717, 1.165) is 0 Å². The molecule has 0 aliphatic carbocycles. The van der Waals surface area contributed by atoms with Gasteiger partial charge in [0.05, 0.1) is 5.16 Å². The van der Waals surface area contributed by atoms with Gasteiger partial charge >= 0.3 is 5.97 Å². The topological polar surface area (TPSA) is 58.9 Å². The summed E-state index contributed by atoms with van der Waals surface area (Å²) in [5.41, 5.74) is 0.497. The van der Waals surface area contributed by atoms with Crippen molar-refractivity contribution in [2.24, 2.45) is 4.99 Å². The summed E-state index contributed by atoms with van der Waals surface area (Å²) in [4.78, 5) is 14.6. The number of benzene rings is 1. The minimum atomic E-state index is -1.08. The van der Waals surface area contributed by atoms with Gasteiger partial charge in [-0.05, 0) is 29.9 Å². The van der Waals surface area contributed by atoms with Gasteiger partial charge in [-0.15, -0.1) is 0 Å². The van der Waals surface area contributed by atoms with Gasteiger partial charge in [0.15, 0.2) is 6.04 Å². The summed E-state index contributed by atoms with van der Waals surface area (Å²) < 4.78 is 5.30. The molecule has 0 amide bonds. The van der Waals surface area contributed by atoms with E-state index in [0.29, 0.717) is 17.9 Å². The Balaban J connectivity index is 2.99. The third-order valence-corrected chi connectivity index (χ3v) is 2.06. The Labute approximate surface area is 104 Å². The highest BCUT2D eigenvalue weighted by Crippen LogP contribution is 2.22. The van der Waals surface area contributed by atoms with Crippen molar-refractivity contribution in [3.8, 4) is 5.75 Å². The zero-order chi connectivity index (χ0) is 12.7. The molecule has 88 valence electrons. The van der Waals surface area contributed by atoms with E-state index in [9.17, 15) is 4.79 Å². The zero-order valence-corrected chi connectivity index (χ0v) is 9.81. The van der Waals surface area contributed by atoms with Crippen molar-refractivity contribution in [1.29, 1.82) is 0 Å². The molecule has 4 nitrogen and oxygen atoms in total. The van der Waals surface area contributed by atoms with E-state index in [1.807, 2.05) is 0 Å². The fourth-order valence-corrected chi connectivity index (χ4v) is 1.36. The molecule has 0 bridgehead atoms. The number of nitrogens with zero attached hydrogens (tertiary/aromatic N) is 1. The van der Waals surface area contributed by atoms with Crippen LogP contribution in [0.3, 0.4) is 0 Å². The van der Waals surface area contributed by atoms with Crippen molar-refractivity contribution in [3.63, 3.8) is 0 Å². The molecule has 0 heterocycles. The highest BCUT2D eigenvalue weighted by molar-refractivity contribution is 7.78. The molecule has 1 aromatic rings. The molecule has 0 aromatic heterocycles. The fourth-order valence-electron chi connectivity index (χ4n) is 1.25. The van der Waals surface area contributed by atoms with Crippen molar-refractivity contribution >= 4 is 23.3 Å². The maximum absolute atomic E-state index is 11.0. The molecule has 1 rings (SSSR count). The first-order valence-corrected chi connectivity index (χ1v) is 5.23. The Hall–Kier alpha value is -1.97. The van der Waals surface area contributed by atoms with E-state index in [-0.39, 0.29) is 0 Å².